The molecule has 0 saturated carbocycles. The van der Waals surface area contributed by atoms with E-state index in [1.165, 1.54) is 31.4 Å². The maximum Gasteiger partial charge on any atom is 0.335 e. The Morgan fingerprint density at radius 2 is 1.63 bits per heavy atom. The molecule has 0 aliphatic carbocycles. The van der Waals surface area contributed by atoms with E-state index in [0.29, 0.717) is 13.1 Å². The quantitative estimate of drug-likeness (QED) is 0.729. The first-order valence-corrected chi connectivity index (χ1v) is 9.15. The molecule has 1 aromatic carbocycles. The zero-order valence-electron chi connectivity index (χ0n) is 15.1. The second-order valence-corrected chi connectivity index (χ2v) is 6.61. The lowest BCUT2D eigenvalue weighted by atomic mass is 10.1. The van der Waals surface area contributed by atoms with Gasteiger partial charge in [-0.3, -0.25) is 0 Å². The maximum atomic E-state index is 12.0. The predicted octanol–water partition coefficient (Wildman–Crippen LogP) is 2.77. The van der Waals surface area contributed by atoms with Crippen LogP contribution in [0.1, 0.15) is 40.7 Å². The Morgan fingerprint density at radius 1 is 0.963 bits per heavy atom. The van der Waals surface area contributed by atoms with Crippen molar-refractivity contribution in [2.75, 3.05) is 18.0 Å². The number of carboxylic acid groups (broad SMARTS) is 1. The Balaban J connectivity index is 1.46. The summed E-state index contributed by atoms with van der Waals surface area (Å²) in [6.45, 7) is 2.82. The summed E-state index contributed by atoms with van der Waals surface area (Å²) in [4.78, 5) is 29.6. The number of amides is 2. The summed E-state index contributed by atoms with van der Waals surface area (Å²) < 4.78 is 0. The number of benzene rings is 1. The van der Waals surface area contributed by atoms with Crippen LogP contribution in [0.2, 0.25) is 0 Å². The minimum absolute atomic E-state index is 0.227. The Labute approximate surface area is 158 Å². The van der Waals surface area contributed by atoms with E-state index < -0.39 is 5.97 Å². The minimum Gasteiger partial charge on any atom is -0.478 e. The highest BCUT2D eigenvalue weighted by molar-refractivity contribution is 5.87. The van der Waals surface area contributed by atoms with Crippen molar-refractivity contribution in [3.05, 3.63) is 59.3 Å². The van der Waals surface area contributed by atoms with Crippen LogP contribution < -0.4 is 15.5 Å². The highest BCUT2D eigenvalue weighted by Gasteiger charge is 2.12. The van der Waals surface area contributed by atoms with Gasteiger partial charge in [-0.05, 0) is 54.7 Å². The van der Waals surface area contributed by atoms with E-state index in [2.05, 4.69) is 20.5 Å². The van der Waals surface area contributed by atoms with Crippen LogP contribution in [-0.4, -0.2) is 35.2 Å². The number of urea groups is 1. The van der Waals surface area contributed by atoms with E-state index in [4.69, 9.17) is 5.11 Å². The molecule has 3 N–H and O–H groups in total. The van der Waals surface area contributed by atoms with E-state index in [0.717, 1.165) is 30.0 Å². The second-order valence-electron chi connectivity index (χ2n) is 6.61. The fraction of sp³-hybridized carbons (Fsp3) is 0.350. The summed E-state index contributed by atoms with van der Waals surface area (Å²) in [6, 6.07) is 10.1. The average molecular weight is 368 g/mol. The molecule has 0 bridgehead atoms. The Morgan fingerprint density at radius 3 is 2.30 bits per heavy atom. The van der Waals surface area contributed by atoms with Crippen LogP contribution in [0.3, 0.4) is 0 Å². The van der Waals surface area contributed by atoms with Crippen molar-refractivity contribution in [1.29, 1.82) is 0 Å². The number of aromatic nitrogens is 1. The summed E-state index contributed by atoms with van der Waals surface area (Å²) in [5.41, 5.74) is 2.07. The van der Waals surface area contributed by atoms with Crippen molar-refractivity contribution in [2.24, 2.45) is 0 Å². The van der Waals surface area contributed by atoms with Crippen LogP contribution in [0, 0.1) is 0 Å². The van der Waals surface area contributed by atoms with Gasteiger partial charge in [0.1, 0.15) is 5.82 Å². The van der Waals surface area contributed by atoms with E-state index in [9.17, 15) is 9.59 Å². The van der Waals surface area contributed by atoms with Crippen molar-refractivity contribution in [3.63, 3.8) is 0 Å². The van der Waals surface area contributed by atoms with Gasteiger partial charge in [-0.2, -0.15) is 0 Å². The topological polar surface area (TPSA) is 94.6 Å². The molecular weight excluding hydrogens is 344 g/mol. The van der Waals surface area contributed by atoms with Crippen LogP contribution in [0.15, 0.2) is 42.6 Å². The molecule has 2 heterocycles. The van der Waals surface area contributed by atoms with Crippen LogP contribution in [0.4, 0.5) is 10.6 Å². The van der Waals surface area contributed by atoms with Gasteiger partial charge < -0.3 is 20.6 Å². The largest absolute Gasteiger partial charge is 0.478 e. The molecule has 1 aromatic heterocycles. The van der Waals surface area contributed by atoms with Crippen molar-refractivity contribution < 1.29 is 14.7 Å². The number of carbonyl (C=O) groups excluding carboxylic acids is 1. The molecule has 1 aliphatic rings. The second kappa shape index (κ2) is 9.02. The molecule has 27 heavy (non-hydrogen) atoms. The molecule has 7 heteroatoms. The standard InChI is InChI=1S/C20H24N4O3/c25-19(26)17-6-4-15(5-7-17)13-22-20(27)23-14-16-8-9-21-18(12-16)24-10-2-1-3-11-24/h4-9,12H,1-3,10-11,13-14H2,(H,25,26)(H2,22,23,27). The third-order valence-electron chi connectivity index (χ3n) is 4.60. The summed E-state index contributed by atoms with van der Waals surface area (Å²) >= 11 is 0. The smallest absolute Gasteiger partial charge is 0.335 e. The highest BCUT2D eigenvalue weighted by Crippen LogP contribution is 2.18. The average Bonchev–Trinajstić information content (AvgIpc) is 2.72. The fourth-order valence-electron chi connectivity index (χ4n) is 3.06. The van der Waals surface area contributed by atoms with Gasteiger partial charge in [0.15, 0.2) is 0 Å². The van der Waals surface area contributed by atoms with Gasteiger partial charge in [-0.15, -0.1) is 0 Å². The summed E-state index contributed by atoms with van der Waals surface area (Å²) in [5.74, 6) is 0.00135. The molecule has 142 valence electrons. The molecule has 2 amide bonds. The van der Waals surface area contributed by atoms with Gasteiger partial charge in [0, 0.05) is 32.4 Å². The van der Waals surface area contributed by atoms with E-state index in [-0.39, 0.29) is 11.6 Å². The molecule has 1 saturated heterocycles. The zero-order valence-corrected chi connectivity index (χ0v) is 15.1. The van der Waals surface area contributed by atoms with E-state index in [1.54, 1.807) is 18.3 Å². The van der Waals surface area contributed by atoms with E-state index >= 15 is 0 Å². The molecule has 7 nitrogen and oxygen atoms in total. The number of piperidine rings is 1. The van der Waals surface area contributed by atoms with E-state index in [1.807, 2.05) is 12.1 Å². The number of carbonyl (C=O) groups is 2. The van der Waals surface area contributed by atoms with Crippen molar-refractivity contribution in [2.45, 2.75) is 32.4 Å². The van der Waals surface area contributed by atoms with Crippen molar-refractivity contribution in [1.82, 2.24) is 15.6 Å². The van der Waals surface area contributed by atoms with Crippen molar-refractivity contribution >= 4 is 17.8 Å². The SMILES string of the molecule is O=C(NCc1ccc(C(=O)O)cc1)NCc1ccnc(N2CCCCC2)c1. The number of carboxylic acids is 1. The highest BCUT2D eigenvalue weighted by atomic mass is 16.4. The number of pyridine rings is 1. The number of aromatic carboxylic acids is 1. The van der Waals surface area contributed by atoms with Crippen LogP contribution in [-0.2, 0) is 13.1 Å². The number of nitrogens with one attached hydrogen (secondary N) is 2. The Hall–Kier alpha value is -3.09. The molecule has 2 aromatic rings. The van der Waals surface area contributed by atoms with Crippen LogP contribution in [0.5, 0.6) is 0 Å². The van der Waals surface area contributed by atoms with Crippen LogP contribution in [0.25, 0.3) is 0 Å². The lowest BCUT2D eigenvalue weighted by molar-refractivity contribution is 0.0697. The fourth-order valence-corrected chi connectivity index (χ4v) is 3.06. The molecule has 3 rings (SSSR count). The van der Waals surface area contributed by atoms with Gasteiger partial charge in [-0.1, -0.05) is 12.1 Å². The molecule has 0 spiro atoms. The summed E-state index contributed by atoms with van der Waals surface area (Å²) in [6.07, 6.45) is 5.44. The number of nitrogens with zero attached hydrogens (tertiary/aromatic N) is 2. The third-order valence-corrected chi connectivity index (χ3v) is 4.60. The third kappa shape index (κ3) is 5.44. The van der Waals surface area contributed by atoms with Crippen LogP contribution >= 0.6 is 0 Å². The van der Waals surface area contributed by atoms with Crippen molar-refractivity contribution in [3.8, 4) is 0 Å². The van der Waals surface area contributed by atoms with Gasteiger partial charge >= 0.3 is 12.0 Å². The van der Waals surface area contributed by atoms with Gasteiger partial charge in [0.25, 0.3) is 0 Å². The lowest BCUT2D eigenvalue weighted by Gasteiger charge is -2.27. The minimum atomic E-state index is -0.964. The molecular formula is C20H24N4O3. The molecule has 0 radical (unpaired) electrons. The lowest BCUT2D eigenvalue weighted by Crippen LogP contribution is -2.34. The van der Waals surface area contributed by atoms with Gasteiger partial charge in [-0.25, -0.2) is 14.6 Å². The first-order valence-electron chi connectivity index (χ1n) is 9.15. The van der Waals surface area contributed by atoms with Gasteiger partial charge in [0.2, 0.25) is 0 Å². The first-order chi connectivity index (χ1) is 13.1. The summed E-state index contributed by atoms with van der Waals surface area (Å²) in [5, 5.41) is 14.5. The molecule has 1 aliphatic heterocycles. The molecule has 1 fully saturated rings. The normalized spacial score (nSPS) is 13.9. The Kier molecular flexibility index (Phi) is 6.25. The number of hydrogen-bond donors (Lipinski definition) is 3. The maximum absolute atomic E-state index is 12.0. The predicted molar refractivity (Wildman–Crippen MR) is 103 cm³/mol. The Bertz CT molecular complexity index is 786. The summed E-state index contributed by atoms with van der Waals surface area (Å²) in [7, 11) is 0. The number of hydrogen-bond acceptors (Lipinski definition) is 4. The zero-order chi connectivity index (χ0) is 19.1. The molecule has 0 unspecified atom stereocenters. The molecule has 0 atom stereocenters. The first kappa shape index (κ1) is 18.7. The number of anilines is 1. The monoisotopic (exact) mass is 368 g/mol. The number of rotatable bonds is 6. The van der Waals surface area contributed by atoms with Gasteiger partial charge in [0.05, 0.1) is 5.56 Å².